The predicted octanol–water partition coefficient (Wildman–Crippen LogP) is 8.18. The molecule has 0 bridgehead atoms. The molecule has 0 rings (SSSR count). The fourth-order valence-corrected chi connectivity index (χ4v) is 3.37. The van der Waals surface area contributed by atoms with Crippen LogP contribution >= 0.6 is 23.2 Å². The van der Waals surface area contributed by atoms with Crippen molar-refractivity contribution in [2.24, 2.45) is 0 Å². The minimum atomic E-state index is 0. The Labute approximate surface area is 257 Å². The first-order valence-electron chi connectivity index (χ1n) is 13.0. The molecule has 36 heavy (non-hydrogen) atoms. The molecule has 0 fully saturated rings. The predicted molar refractivity (Wildman–Crippen MR) is 149 cm³/mol. The van der Waals surface area contributed by atoms with Gasteiger partial charge in [-0.1, -0.05) is 76.0 Å². The minimum Gasteiger partial charge on any atom is -0.359 e. The molecule has 0 amide bonds. The summed E-state index contributed by atoms with van der Waals surface area (Å²) in [5, 5.41) is 0. The molecule has 4 nitrogen and oxygen atoms in total. The fraction of sp³-hybridized carbons (Fsp3) is 0.857. The van der Waals surface area contributed by atoms with E-state index in [1.807, 2.05) is 0 Å². The number of hydrogen-bond donors (Lipinski definition) is 0. The van der Waals surface area contributed by atoms with E-state index in [4.69, 9.17) is 42.1 Å². The Kier molecular flexibility index (Phi) is 55.3. The molecule has 0 aromatic heterocycles. The molecule has 214 valence electrons. The van der Waals surface area contributed by atoms with Crippen LogP contribution in [0.15, 0.2) is 0 Å². The van der Waals surface area contributed by atoms with Gasteiger partial charge in [-0.3, -0.25) is 0 Å². The van der Waals surface area contributed by atoms with Crippen LogP contribution in [0.5, 0.6) is 0 Å². The van der Waals surface area contributed by atoms with Gasteiger partial charge in [0.2, 0.25) is 0 Å². The summed E-state index contributed by atoms with van der Waals surface area (Å²) >= 11 is 11.2. The van der Waals surface area contributed by atoms with Gasteiger partial charge in [-0.25, -0.2) is 0 Å². The monoisotopic (exact) mass is 644 g/mol. The molecular formula is C28H52Cl2NiO4Zn. The van der Waals surface area contributed by atoms with Crippen LogP contribution in [0.3, 0.4) is 0 Å². The molecule has 0 radical (unpaired) electrons. The van der Waals surface area contributed by atoms with Crippen LogP contribution in [0.1, 0.15) is 104 Å². The van der Waals surface area contributed by atoms with Crippen LogP contribution < -0.4 is 0 Å². The van der Waals surface area contributed by atoms with E-state index in [1.165, 1.54) is 77.0 Å². The van der Waals surface area contributed by atoms with Crippen molar-refractivity contribution < 1.29 is 56.3 Å². The van der Waals surface area contributed by atoms with E-state index >= 15 is 0 Å². The summed E-state index contributed by atoms with van der Waals surface area (Å²) in [5.74, 6) is 13.2. The largest absolute Gasteiger partial charge is 0.359 e. The normalized spacial score (nSPS) is 9.44. The maximum Gasteiger partial charge on any atom is 0.146 e. The third-order valence-corrected chi connectivity index (χ3v) is 5.41. The van der Waals surface area contributed by atoms with Gasteiger partial charge < -0.3 is 18.9 Å². The van der Waals surface area contributed by atoms with Crippen LogP contribution in [-0.2, 0) is 54.9 Å². The molecule has 0 heterocycles. The van der Waals surface area contributed by atoms with E-state index in [2.05, 4.69) is 23.7 Å². The quantitative estimate of drug-likeness (QED) is 0.0369. The minimum absolute atomic E-state index is 0. The molecule has 0 spiro atoms. The number of methoxy groups -OCH3 is 2. The maximum atomic E-state index is 5.63. The average molecular weight is 648 g/mol. The molecule has 0 aliphatic heterocycles. The summed E-state index contributed by atoms with van der Waals surface area (Å²) in [6.45, 7) is 2.20. The van der Waals surface area contributed by atoms with E-state index in [-0.39, 0.29) is 37.4 Å². The first kappa shape index (κ1) is 43.7. The molecule has 0 aromatic rings. The van der Waals surface area contributed by atoms with Crippen molar-refractivity contribution >= 4 is 23.2 Å². The van der Waals surface area contributed by atoms with Crippen molar-refractivity contribution in [1.29, 1.82) is 0 Å². The van der Waals surface area contributed by atoms with Gasteiger partial charge in [-0.2, -0.15) is 0 Å². The smallest absolute Gasteiger partial charge is 0.146 e. The van der Waals surface area contributed by atoms with Crippen molar-refractivity contribution in [3.8, 4) is 23.7 Å². The molecular weight excluding hydrogens is 595 g/mol. The number of unbranched alkanes of at least 4 members (excludes halogenated alkanes) is 13. The van der Waals surface area contributed by atoms with E-state index < -0.39 is 0 Å². The van der Waals surface area contributed by atoms with E-state index in [1.54, 1.807) is 14.2 Å². The van der Waals surface area contributed by atoms with E-state index in [0.717, 1.165) is 37.6 Å². The molecule has 0 atom stereocenters. The number of ether oxygens (including phenoxy) is 4. The second kappa shape index (κ2) is 45.6. The van der Waals surface area contributed by atoms with Gasteiger partial charge in [-0.05, 0) is 37.5 Å². The van der Waals surface area contributed by atoms with Crippen LogP contribution in [0.4, 0.5) is 0 Å². The Hall–Kier alpha value is 0.657. The SMILES string of the molecule is COCOCCC#CC#CCCCCCCCl.COCOCCCCCCCCCCCCCl.[HH].[Ni].[Zn]. The molecule has 0 saturated carbocycles. The summed E-state index contributed by atoms with van der Waals surface area (Å²) < 4.78 is 19.9. The summed E-state index contributed by atoms with van der Waals surface area (Å²) in [6.07, 6.45) is 19.5. The van der Waals surface area contributed by atoms with Gasteiger partial charge in [0.25, 0.3) is 0 Å². The first-order chi connectivity index (χ1) is 16.8. The third kappa shape index (κ3) is 47.8. The summed E-state index contributed by atoms with van der Waals surface area (Å²) in [4.78, 5) is 0. The summed E-state index contributed by atoms with van der Waals surface area (Å²) in [5.41, 5.74) is 0. The van der Waals surface area contributed by atoms with Crippen molar-refractivity contribution in [1.82, 2.24) is 0 Å². The number of halogens is 2. The Morgan fingerprint density at radius 2 is 0.917 bits per heavy atom. The molecule has 0 aromatic carbocycles. The number of hydrogen-bond acceptors (Lipinski definition) is 4. The molecule has 0 aliphatic rings. The maximum absolute atomic E-state index is 5.63. The Morgan fingerprint density at radius 1 is 0.528 bits per heavy atom. The van der Waals surface area contributed by atoms with Crippen molar-refractivity contribution in [2.75, 3.05) is 52.8 Å². The van der Waals surface area contributed by atoms with Crippen LogP contribution in [0, 0.1) is 23.7 Å². The number of rotatable bonds is 23. The van der Waals surface area contributed by atoms with Gasteiger partial charge in [0.15, 0.2) is 0 Å². The topological polar surface area (TPSA) is 36.9 Å². The molecule has 8 heteroatoms. The Bertz CT molecular complexity index is 486. The zero-order chi connectivity index (χ0) is 25.2. The van der Waals surface area contributed by atoms with E-state index in [0.29, 0.717) is 26.6 Å². The standard InChI is InChI=1S/C14H29ClO2.C14H21ClO2.Ni.Zn.H2/c2*1-16-14-17-13-11-9-7-5-3-2-4-6-8-10-12-15;;;/h2-14H2,1H3;2,4,6,8,10-14H2,1H3;;;1H. The van der Waals surface area contributed by atoms with Crippen LogP contribution in [0.2, 0.25) is 0 Å². The summed E-state index contributed by atoms with van der Waals surface area (Å²) in [7, 11) is 3.26. The third-order valence-electron chi connectivity index (χ3n) is 4.87. The number of alkyl halides is 2. The Morgan fingerprint density at radius 3 is 1.39 bits per heavy atom. The van der Waals surface area contributed by atoms with Gasteiger partial charge in [0.1, 0.15) is 13.6 Å². The molecule has 0 saturated heterocycles. The van der Waals surface area contributed by atoms with Crippen molar-refractivity contribution in [3.63, 3.8) is 0 Å². The molecule has 0 N–H and O–H groups in total. The first-order valence-corrected chi connectivity index (χ1v) is 14.1. The average Bonchev–Trinajstić information content (AvgIpc) is 2.85. The summed E-state index contributed by atoms with van der Waals surface area (Å²) in [6, 6.07) is 0. The zero-order valence-corrected chi connectivity index (χ0v) is 28.4. The second-order valence-electron chi connectivity index (χ2n) is 8.06. The van der Waals surface area contributed by atoms with Gasteiger partial charge in [-0.15, -0.1) is 23.2 Å². The van der Waals surface area contributed by atoms with Crippen LogP contribution in [0.25, 0.3) is 0 Å². The van der Waals surface area contributed by atoms with Gasteiger partial charge in [0.05, 0.1) is 6.61 Å². The second-order valence-corrected chi connectivity index (χ2v) is 8.82. The van der Waals surface area contributed by atoms with Crippen molar-refractivity contribution in [3.05, 3.63) is 0 Å². The van der Waals surface area contributed by atoms with Gasteiger partial charge in [0, 0.05) is 82.8 Å². The van der Waals surface area contributed by atoms with E-state index in [9.17, 15) is 0 Å². The van der Waals surface area contributed by atoms with Gasteiger partial charge >= 0.3 is 0 Å². The fourth-order valence-electron chi connectivity index (χ4n) is 3.00. The molecule has 0 aliphatic carbocycles. The van der Waals surface area contributed by atoms with Crippen molar-refractivity contribution in [2.45, 2.75) is 103 Å². The van der Waals surface area contributed by atoms with Crippen LogP contribution in [-0.4, -0.2) is 52.8 Å². The Balaban J connectivity index is -0.000000171. The zero-order valence-electron chi connectivity index (χ0n) is 23.0. The molecule has 0 unspecified atom stereocenters.